The van der Waals surface area contributed by atoms with Gasteiger partial charge in [0, 0.05) is 18.3 Å². The van der Waals surface area contributed by atoms with Crippen molar-refractivity contribution in [2.24, 2.45) is 5.73 Å². The van der Waals surface area contributed by atoms with Gasteiger partial charge in [0.2, 0.25) is 0 Å². The molecule has 0 aliphatic carbocycles. The Bertz CT molecular complexity index is 570. The van der Waals surface area contributed by atoms with Gasteiger partial charge in [-0.3, -0.25) is 4.79 Å². The van der Waals surface area contributed by atoms with Crippen LogP contribution in [0, 0.1) is 0 Å². The minimum atomic E-state index is -0.935. The fourth-order valence-corrected chi connectivity index (χ4v) is 1.90. The third-order valence-corrected chi connectivity index (χ3v) is 2.75. The van der Waals surface area contributed by atoms with Gasteiger partial charge in [0.25, 0.3) is 0 Å². The molecule has 0 bridgehead atoms. The molecule has 0 atom stereocenters. The molecule has 2 rings (SSSR count). The van der Waals surface area contributed by atoms with Crippen molar-refractivity contribution in [3.63, 3.8) is 0 Å². The lowest BCUT2D eigenvalue weighted by molar-refractivity contribution is -0.134. The third-order valence-electron chi connectivity index (χ3n) is 2.75. The number of pyridine rings is 1. The van der Waals surface area contributed by atoms with Crippen LogP contribution in [0.2, 0.25) is 0 Å². The Morgan fingerprint density at radius 3 is 2.63 bits per heavy atom. The highest BCUT2D eigenvalue weighted by molar-refractivity contribution is 5.76. The van der Waals surface area contributed by atoms with Crippen LogP contribution in [-0.2, 0) is 11.3 Å². The van der Waals surface area contributed by atoms with E-state index in [1.165, 1.54) is 0 Å². The van der Waals surface area contributed by atoms with E-state index in [9.17, 15) is 4.79 Å². The fraction of sp³-hybridized carbons (Fsp3) is 0.143. The normalized spacial score (nSPS) is 10.2. The molecule has 0 saturated carbocycles. The van der Waals surface area contributed by atoms with Crippen molar-refractivity contribution < 1.29 is 9.90 Å². The molecule has 0 fully saturated rings. The van der Waals surface area contributed by atoms with E-state index in [1.54, 1.807) is 6.20 Å². The molecule has 0 saturated heterocycles. The Balaban J connectivity index is 2.39. The number of hydrogen-bond acceptors (Lipinski definition) is 4. The zero-order valence-corrected chi connectivity index (χ0v) is 10.3. The summed E-state index contributed by atoms with van der Waals surface area (Å²) < 4.78 is 0. The lowest BCUT2D eigenvalue weighted by Crippen LogP contribution is -2.16. The molecule has 2 aromatic rings. The van der Waals surface area contributed by atoms with Gasteiger partial charge in [-0.15, -0.1) is 0 Å². The number of carboxylic acid groups (broad SMARTS) is 1. The maximum absolute atomic E-state index is 10.6. The van der Waals surface area contributed by atoms with Crippen LogP contribution >= 0.6 is 0 Å². The second kappa shape index (κ2) is 5.97. The van der Waals surface area contributed by atoms with Crippen molar-refractivity contribution in [1.82, 2.24) is 4.98 Å². The highest BCUT2D eigenvalue weighted by Crippen LogP contribution is 2.27. The summed E-state index contributed by atoms with van der Waals surface area (Å²) in [5.74, 6) is -0.416. The summed E-state index contributed by atoms with van der Waals surface area (Å²) in [7, 11) is 0. The molecule has 0 aliphatic heterocycles. The minimum absolute atomic E-state index is 0.182. The number of aliphatic carboxylic acids is 1. The van der Waals surface area contributed by atoms with Crippen LogP contribution in [0.1, 0.15) is 5.56 Å². The Hall–Kier alpha value is -2.40. The fourth-order valence-electron chi connectivity index (χ4n) is 1.90. The van der Waals surface area contributed by atoms with Gasteiger partial charge in [-0.25, -0.2) is 4.98 Å². The third kappa shape index (κ3) is 3.08. The number of aromatic nitrogens is 1. The minimum Gasteiger partial charge on any atom is -0.480 e. The molecule has 19 heavy (non-hydrogen) atoms. The maximum atomic E-state index is 10.6. The molecule has 0 aliphatic rings. The van der Waals surface area contributed by atoms with E-state index in [4.69, 9.17) is 10.8 Å². The zero-order valence-electron chi connectivity index (χ0n) is 10.3. The first kappa shape index (κ1) is 13.0. The number of carboxylic acids is 1. The SMILES string of the molecule is NCc1c(-c2ccccc2)ccnc1NCC(=O)O. The predicted octanol–water partition coefficient (Wildman–Crippen LogP) is 1.70. The smallest absolute Gasteiger partial charge is 0.322 e. The van der Waals surface area contributed by atoms with Crippen molar-refractivity contribution in [1.29, 1.82) is 0 Å². The first-order chi connectivity index (χ1) is 9.22. The Kier molecular flexibility index (Phi) is 4.10. The number of nitrogens with zero attached hydrogens (tertiary/aromatic N) is 1. The molecule has 0 unspecified atom stereocenters. The van der Waals surface area contributed by atoms with Gasteiger partial charge in [0.05, 0.1) is 0 Å². The van der Waals surface area contributed by atoms with Gasteiger partial charge in [-0.05, 0) is 17.2 Å². The molecular formula is C14H15N3O2. The summed E-state index contributed by atoms with van der Waals surface area (Å²) in [6, 6.07) is 11.7. The number of anilines is 1. The molecule has 5 heteroatoms. The van der Waals surface area contributed by atoms with E-state index < -0.39 is 5.97 Å². The van der Waals surface area contributed by atoms with E-state index >= 15 is 0 Å². The van der Waals surface area contributed by atoms with E-state index in [0.717, 1.165) is 16.7 Å². The quantitative estimate of drug-likeness (QED) is 0.758. The zero-order chi connectivity index (χ0) is 13.7. The van der Waals surface area contributed by atoms with Crippen LogP contribution in [0.4, 0.5) is 5.82 Å². The Labute approximate surface area is 111 Å². The van der Waals surface area contributed by atoms with Crippen LogP contribution in [0.15, 0.2) is 42.6 Å². The second-order valence-corrected chi connectivity index (χ2v) is 4.00. The summed E-state index contributed by atoms with van der Waals surface area (Å²) in [5.41, 5.74) is 8.58. The molecule has 1 aromatic heterocycles. The van der Waals surface area contributed by atoms with E-state index in [2.05, 4.69) is 10.3 Å². The van der Waals surface area contributed by atoms with Crippen LogP contribution in [0.25, 0.3) is 11.1 Å². The summed E-state index contributed by atoms with van der Waals surface area (Å²) in [5, 5.41) is 11.5. The monoisotopic (exact) mass is 257 g/mol. The average Bonchev–Trinajstić information content (AvgIpc) is 2.45. The summed E-state index contributed by atoms with van der Waals surface area (Å²) >= 11 is 0. The summed E-state index contributed by atoms with van der Waals surface area (Å²) in [4.78, 5) is 14.8. The van der Waals surface area contributed by atoms with Crippen LogP contribution < -0.4 is 11.1 Å². The molecular weight excluding hydrogens is 242 g/mol. The standard InChI is InChI=1S/C14H15N3O2/c15-8-12-11(10-4-2-1-3-5-10)6-7-16-14(12)17-9-13(18)19/h1-7H,8-9,15H2,(H,16,17)(H,18,19). The van der Waals surface area contributed by atoms with E-state index in [0.29, 0.717) is 12.4 Å². The van der Waals surface area contributed by atoms with Gasteiger partial charge in [-0.1, -0.05) is 30.3 Å². The Morgan fingerprint density at radius 2 is 2.00 bits per heavy atom. The van der Waals surface area contributed by atoms with Gasteiger partial charge in [0.15, 0.2) is 0 Å². The van der Waals surface area contributed by atoms with Crippen molar-refractivity contribution >= 4 is 11.8 Å². The molecule has 4 N–H and O–H groups in total. The van der Waals surface area contributed by atoms with E-state index in [-0.39, 0.29) is 6.54 Å². The number of benzene rings is 1. The van der Waals surface area contributed by atoms with Crippen LogP contribution in [0.3, 0.4) is 0 Å². The molecule has 5 nitrogen and oxygen atoms in total. The van der Waals surface area contributed by atoms with Gasteiger partial charge < -0.3 is 16.2 Å². The summed E-state index contributed by atoms with van der Waals surface area (Å²) in [6.07, 6.45) is 1.64. The molecule has 98 valence electrons. The largest absolute Gasteiger partial charge is 0.480 e. The number of nitrogens with two attached hydrogens (primary N) is 1. The Morgan fingerprint density at radius 1 is 1.26 bits per heavy atom. The highest BCUT2D eigenvalue weighted by Gasteiger charge is 2.10. The van der Waals surface area contributed by atoms with Crippen molar-refractivity contribution in [2.45, 2.75) is 6.54 Å². The second-order valence-electron chi connectivity index (χ2n) is 4.00. The first-order valence-corrected chi connectivity index (χ1v) is 5.91. The first-order valence-electron chi connectivity index (χ1n) is 5.91. The van der Waals surface area contributed by atoms with Crippen molar-refractivity contribution in [3.05, 3.63) is 48.2 Å². The average molecular weight is 257 g/mol. The topological polar surface area (TPSA) is 88.2 Å². The van der Waals surface area contributed by atoms with Crippen molar-refractivity contribution in [2.75, 3.05) is 11.9 Å². The van der Waals surface area contributed by atoms with Crippen molar-refractivity contribution in [3.8, 4) is 11.1 Å². The highest BCUT2D eigenvalue weighted by atomic mass is 16.4. The molecule has 0 amide bonds. The molecule has 1 heterocycles. The van der Waals surface area contributed by atoms with E-state index in [1.807, 2.05) is 36.4 Å². The lowest BCUT2D eigenvalue weighted by Gasteiger charge is -2.13. The van der Waals surface area contributed by atoms with Crippen LogP contribution in [-0.4, -0.2) is 22.6 Å². The van der Waals surface area contributed by atoms with Gasteiger partial charge >= 0.3 is 5.97 Å². The number of carbonyl (C=O) groups is 1. The predicted molar refractivity (Wildman–Crippen MR) is 73.7 cm³/mol. The summed E-state index contributed by atoms with van der Waals surface area (Å²) in [6.45, 7) is 0.109. The maximum Gasteiger partial charge on any atom is 0.322 e. The number of nitrogens with one attached hydrogen (secondary N) is 1. The van der Waals surface area contributed by atoms with Gasteiger partial charge in [-0.2, -0.15) is 0 Å². The van der Waals surface area contributed by atoms with Gasteiger partial charge in [0.1, 0.15) is 12.4 Å². The lowest BCUT2D eigenvalue weighted by atomic mass is 10.0. The van der Waals surface area contributed by atoms with Crippen LogP contribution in [0.5, 0.6) is 0 Å². The number of rotatable bonds is 5. The molecule has 0 radical (unpaired) electrons. The molecule has 1 aromatic carbocycles. The molecule has 0 spiro atoms. The number of hydrogen-bond donors (Lipinski definition) is 3.